The molecule has 0 unspecified atom stereocenters. The molecule has 3 rings (SSSR count). The molecule has 2 aromatic rings. The molecule has 0 saturated heterocycles. The normalized spacial score (nSPS) is 16.9. The average molecular weight is 240 g/mol. The first kappa shape index (κ1) is 11.5. The van der Waals surface area contributed by atoms with E-state index in [0.717, 1.165) is 11.9 Å². The molecular formula is C16H20N2. The van der Waals surface area contributed by atoms with Gasteiger partial charge in [0.15, 0.2) is 0 Å². The van der Waals surface area contributed by atoms with E-state index in [1.54, 1.807) is 0 Å². The standard InChI is InChI=1S/C16H20N2/c1-3-4-5-13(2)16(9-10-16)14-6-7-15-8-11-17-18(15)12-14/h6-8,11-12H,2-5,9-10H2,1H3. The van der Waals surface area contributed by atoms with E-state index in [9.17, 15) is 0 Å². The molecule has 1 aliphatic rings. The van der Waals surface area contributed by atoms with Gasteiger partial charge >= 0.3 is 0 Å². The first-order valence-corrected chi connectivity index (χ1v) is 6.88. The Bertz CT molecular complexity index is 576. The summed E-state index contributed by atoms with van der Waals surface area (Å²) < 4.78 is 1.97. The molecule has 0 amide bonds. The highest BCUT2D eigenvalue weighted by Gasteiger charge is 2.46. The molecule has 0 aromatic carbocycles. The number of allylic oxidation sites excluding steroid dienone is 1. The first-order chi connectivity index (χ1) is 8.76. The van der Waals surface area contributed by atoms with E-state index in [2.05, 4.69) is 36.9 Å². The Labute approximate surface area is 108 Å². The smallest absolute Gasteiger partial charge is 0.0661 e. The molecule has 2 nitrogen and oxygen atoms in total. The number of rotatable bonds is 5. The van der Waals surface area contributed by atoms with Gasteiger partial charge in [0.1, 0.15) is 0 Å². The van der Waals surface area contributed by atoms with Gasteiger partial charge in [0.25, 0.3) is 0 Å². The molecule has 0 aliphatic heterocycles. The molecule has 1 saturated carbocycles. The summed E-state index contributed by atoms with van der Waals surface area (Å²) in [6, 6.07) is 6.45. The van der Waals surface area contributed by atoms with Crippen LogP contribution in [0.5, 0.6) is 0 Å². The third kappa shape index (κ3) is 1.76. The minimum atomic E-state index is 0.259. The topological polar surface area (TPSA) is 17.3 Å². The average Bonchev–Trinajstić information content (AvgIpc) is 3.07. The van der Waals surface area contributed by atoms with Crippen LogP contribution in [0.25, 0.3) is 5.52 Å². The Morgan fingerprint density at radius 2 is 2.22 bits per heavy atom. The van der Waals surface area contributed by atoms with E-state index < -0.39 is 0 Å². The van der Waals surface area contributed by atoms with Crippen LogP contribution in [0.4, 0.5) is 0 Å². The van der Waals surface area contributed by atoms with Crippen molar-refractivity contribution in [3.8, 4) is 0 Å². The maximum Gasteiger partial charge on any atom is 0.0661 e. The van der Waals surface area contributed by atoms with Gasteiger partial charge in [-0.15, -0.1) is 0 Å². The van der Waals surface area contributed by atoms with Crippen molar-refractivity contribution in [2.75, 3.05) is 0 Å². The second kappa shape index (κ2) is 4.27. The van der Waals surface area contributed by atoms with E-state index in [4.69, 9.17) is 0 Å². The zero-order valence-electron chi connectivity index (χ0n) is 11.0. The summed E-state index contributed by atoms with van der Waals surface area (Å²) >= 11 is 0. The van der Waals surface area contributed by atoms with Gasteiger partial charge in [-0.05, 0) is 43.4 Å². The fourth-order valence-electron chi connectivity index (χ4n) is 2.80. The van der Waals surface area contributed by atoms with Crippen LogP contribution >= 0.6 is 0 Å². The van der Waals surface area contributed by atoms with E-state index in [-0.39, 0.29) is 5.41 Å². The fraction of sp³-hybridized carbons (Fsp3) is 0.438. The third-order valence-electron chi connectivity index (χ3n) is 4.21. The van der Waals surface area contributed by atoms with Crippen molar-refractivity contribution < 1.29 is 0 Å². The lowest BCUT2D eigenvalue weighted by Crippen LogP contribution is -2.11. The highest BCUT2D eigenvalue weighted by Crippen LogP contribution is 2.54. The van der Waals surface area contributed by atoms with Crippen molar-refractivity contribution in [3.63, 3.8) is 0 Å². The minimum absolute atomic E-state index is 0.259. The second-order valence-electron chi connectivity index (χ2n) is 5.41. The van der Waals surface area contributed by atoms with Crippen molar-refractivity contribution in [3.05, 3.63) is 48.3 Å². The summed E-state index contributed by atoms with van der Waals surface area (Å²) in [7, 11) is 0. The summed E-state index contributed by atoms with van der Waals surface area (Å²) in [5.74, 6) is 0. The Hall–Kier alpha value is -1.57. The number of nitrogens with zero attached hydrogens (tertiary/aromatic N) is 2. The van der Waals surface area contributed by atoms with E-state index in [1.807, 2.05) is 16.8 Å². The van der Waals surface area contributed by atoms with Gasteiger partial charge in [0, 0.05) is 17.8 Å². The second-order valence-corrected chi connectivity index (χ2v) is 5.41. The van der Waals surface area contributed by atoms with Crippen molar-refractivity contribution >= 4 is 5.52 Å². The molecule has 0 atom stereocenters. The van der Waals surface area contributed by atoms with Gasteiger partial charge < -0.3 is 0 Å². The lowest BCUT2D eigenvalue weighted by molar-refractivity contribution is 0.696. The van der Waals surface area contributed by atoms with Crippen LogP contribution < -0.4 is 0 Å². The fourth-order valence-corrected chi connectivity index (χ4v) is 2.80. The van der Waals surface area contributed by atoms with Gasteiger partial charge in [-0.3, -0.25) is 0 Å². The maximum atomic E-state index is 4.34. The number of hydrogen-bond donors (Lipinski definition) is 0. The van der Waals surface area contributed by atoms with Gasteiger partial charge in [-0.25, -0.2) is 4.52 Å². The van der Waals surface area contributed by atoms with Gasteiger partial charge in [0.05, 0.1) is 5.52 Å². The van der Waals surface area contributed by atoms with Crippen LogP contribution in [0, 0.1) is 0 Å². The van der Waals surface area contributed by atoms with E-state index in [1.165, 1.54) is 36.8 Å². The summed E-state index contributed by atoms with van der Waals surface area (Å²) in [5.41, 5.74) is 4.22. The first-order valence-electron chi connectivity index (χ1n) is 6.88. The van der Waals surface area contributed by atoms with Crippen molar-refractivity contribution in [2.24, 2.45) is 0 Å². The summed E-state index contributed by atoms with van der Waals surface area (Å²) in [6.45, 7) is 6.58. The Balaban J connectivity index is 1.90. The quantitative estimate of drug-likeness (QED) is 0.719. The lowest BCUT2D eigenvalue weighted by atomic mass is 9.87. The van der Waals surface area contributed by atoms with E-state index >= 15 is 0 Å². The lowest BCUT2D eigenvalue weighted by Gasteiger charge is -2.19. The molecule has 2 aromatic heterocycles. The molecule has 2 heterocycles. The maximum absolute atomic E-state index is 4.34. The summed E-state index contributed by atoms with van der Waals surface area (Å²) in [5, 5.41) is 4.33. The Morgan fingerprint density at radius 3 is 2.94 bits per heavy atom. The Morgan fingerprint density at radius 1 is 1.39 bits per heavy atom. The predicted molar refractivity (Wildman–Crippen MR) is 74.8 cm³/mol. The van der Waals surface area contributed by atoms with Gasteiger partial charge in [-0.2, -0.15) is 5.10 Å². The van der Waals surface area contributed by atoms with Crippen molar-refractivity contribution in [2.45, 2.75) is 44.4 Å². The van der Waals surface area contributed by atoms with Crippen molar-refractivity contribution in [1.82, 2.24) is 9.61 Å². The van der Waals surface area contributed by atoms with Gasteiger partial charge in [-0.1, -0.05) is 31.6 Å². The minimum Gasteiger partial charge on any atom is -0.241 e. The molecule has 94 valence electrons. The number of aromatic nitrogens is 2. The number of hydrogen-bond acceptors (Lipinski definition) is 1. The van der Waals surface area contributed by atoms with Crippen LogP contribution in [-0.2, 0) is 5.41 Å². The highest BCUT2D eigenvalue weighted by atomic mass is 15.2. The zero-order valence-corrected chi connectivity index (χ0v) is 11.0. The molecule has 2 heteroatoms. The molecule has 1 aliphatic carbocycles. The third-order valence-corrected chi connectivity index (χ3v) is 4.21. The molecule has 0 bridgehead atoms. The van der Waals surface area contributed by atoms with Crippen LogP contribution in [0.1, 0.15) is 44.6 Å². The van der Waals surface area contributed by atoms with E-state index in [0.29, 0.717) is 0 Å². The molecule has 1 fully saturated rings. The largest absolute Gasteiger partial charge is 0.241 e. The summed E-state index contributed by atoms with van der Waals surface area (Å²) in [6.07, 6.45) is 10.2. The zero-order chi connectivity index (χ0) is 12.6. The molecule has 0 spiro atoms. The summed E-state index contributed by atoms with van der Waals surface area (Å²) in [4.78, 5) is 0. The SMILES string of the molecule is C=C(CCCC)C1(c2ccc3ccnn3c2)CC1. The number of fused-ring (bicyclic) bond motifs is 1. The van der Waals surface area contributed by atoms with Crippen LogP contribution in [-0.4, -0.2) is 9.61 Å². The van der Waals surface area contributed by atoms with Crippen LogP contribution in [0.3, 0.4) is 0 Å². The number of pyridine rings is 1. The van der Waals surface area contributed by atoms with Crippen molar-refractivity contribution in [1.29, 1.82) is 0 Å². The van der Waals surface area contributed by atoms with Gasteiger partial charge in [0.2, 0.25) is 0 Å². The predicted octanol–water partition coefficient (Wildman–Crippen LogP) is 4.11. The molecule has 0 radical (unpaired) electrons. The Kier molecular flexibility index (Phi) is 2.73. The monoisotopic (exact) mass is 240 g/mol. The highest BCUT2D eigenvalue weighted by molar-refractivity contribution is 5.50. The van der Waals surface area contributed by atoms with Crippen LogP contribution in [0.15, 0.2) is 42.7 Å². The molecule has 18 heavy (non-hydrogen) atoms. The molecular weight excluding hydrogens is 220 g/mol. The van der Waals surface area contributed by atoms with Crippen LogP contribution in [0.2, 0.25) is 0 Å². The number of unbranched alkanes of at least 4 members (excludes halogenated alkanes) is 1. The molecule has 0 N–H and O–H groups in total.